The van der Waals surface area contributed by atoms with E-state index in [1.165, 1.54) is 19.3 Å². The summed E-state index contributed by atoms with van der Waals surface area (Å²) in [6.07, 6.45) is 3.67. The number of nitrogens with one attached hydrogen (secondary N) is 1. The van der Waals surface area contributed by atoms with Crippen LogP contribution in [0.3, 0.4) is 0 Å². The van der Waals surface area contributed by atoms with Crippen molar-refractivity contribution in [2.75, 3.05) is 19.8 Å². The maximum atomic E-state index is 5.40. The monoisotopic (exact) mass is 143 g/mol. The molecule has 1 atom stereocenters. The minimum absolute atomic E-state index is 0.618. The Hall–Kier alpha value is -0.0800. The van der Waals surface area contributed by atoms with Crippen molar-refractivity contribution in [3.8, 4) is 0 Å². The Morgan fingerprint density at radius 2 is 2.50 bits per heavy atom. The van der Waals surface area contributed by atoms with E-state index in [2.05, 4.69) is 12.2 Å². The molecule has 0 bridgehead atoms. The quantitative estimate of drug-likeness (QED) is 0.626. The summed E-state index contributed by atoms with van der Waals surface area (Å²) in [7, 11) is 0. The summed E-state index contributed by atoms with van der Waals surface area (Å²) in [5.41, 5.74) is 0. The van der Waals surface area contributed by atoms with Crippen molar-refractivity contribution < 1.29 is 4.74 Å². The predicted octanol–water partition coefficient (Wildman–Crippen LogP) is 1.17. The molecule has 1 aliphatic rings. The molecule has 1 N–H and O–H groups in total. The fourth-order valence-corrected chi connectivity index (χ4v) is 1.30. The molecule has 2 heteroatoms. The normalized spacial score (nSPS) is 27.9. The first-order valence-corrected chi connectivity index (χ1v) is 4.24. The lowest BCUT2D eigenvalue weighted by Crippen LogP contribution is -2.31. The van der Waals surface area contributed by atoms with Crippen LogP contribution < -0.4 is 5.32 Å². The first-order valence-electron chi connectivity index (χ1n) is 4.24. The van der Waals surface area contributed by atoms with Gasteiger partial charge in [0.2, 0.25) is 0 Å². The first-order chi connectivity index (χ1) is 4.93. The lowest BCUT2D eigenvalue weighted by Gasteiger charge is -2.12. The highest BCUT2D eigenvalue weighted by Crippen LogP contribution is 2.00. The van der Waals surface area contributed by atoms with Gasteiger partial charge in [0.15, 0.2) is 0 Å². The van der Waals surface area contributed by atoms with Crippen molar-refractivity contribution in [3.05, 3.63) is 0 Å². The Labute approximate surface area is 63.0 Å². The zero-order valence-corrected chi connectivity index (χ0v) is 6.73. The van der Waals surface area contributed by atoms with Gasteiger partial charge in [-0.1, -0.05) is 13.3 Å². The van der Waals surface area contributed by atoms with Gasteiger partial charge in [0.05, 0.1) is 6.61 Å². The molecule has 1 unspecified atom stereocenters. The largest absolute Gasteiger partial charge is 0.380 e. The van der Waals surface area contributed by atoms with E-state index in [1.54, 1.807) is 0 Å². The Morgan fingerprint density at radius 1 is 1.60 bits per heavy atom. The van der Waals surface area contributed by atoms with Gasteiger partial charge in [0, 0.05) is 12.6 Å². The van der Waals surface area contributed by atoms with E-state index in [4.69, 9.17) is 4.74 Å². The van der Waals surface area contributed by atoms with Gasteiger partial charge in [-0.3, -0.25) is 0 Å². The molecule has 0 aromatic heterocycles. The molecule has 0 aromatic carbocycles. The number of ether oxygens (including phenoxy) is 1. The summed E-state index contributed by atoms with van der Waals surface area (Å²) in [6.45, 7) is 5.19. The Morgan fingerprint density at radius 3 is 3.30 bits per heavy atom. The number of hydrogen-bond donors (Lipinski definition) is 1. The van der Waals surface area contributed by atoms with Gasteiger partial charge in [-0.25, -0.2) is 0 Å². The molecule has 1 saturated heterocycles. The molecular weight excluding hydrogens is 126 g/mol. The van der Waals surface area contributed by atoms with E-state index in [-0.39, 0.29) is 0 Å². The lowest BCUT2D eigenvalue weighted by molar-refractivity contribution is 0.129. The maximum absolute atomic E-state index is 5.40. The molecule has 2 nitrogen and oxygen atoms in total. The van der Waals surface area contributed by atoms with Gasteiger partial charge in [0.25, 0.3) is 0 Å². The molecule has 1 heterocycles. The van der Waals surface area contributed by atoms with Crippen LogP contribution >= 0.6 is 0 Å². The Kier molecular flexibility index (Phi) is 3.76. The zero-order valence-electron chi connectivity index (χ0n) is 6.73. The molecule has 0 aliphatic carbocycles. The van der Waals surface area contributed by atoms with Crippen LogP contribution in [-0.2, 0) is 4.74 Å². The summed E-state index contributed by atoms with van der Waals surface area (Å²) >= 11 is 0. The van der Waals surface area contributed by atoms with Crippen molar-refractivity contribution in [1.29, 1.82) is 0 Å². The van der Waals surface area contributed by atoms with Crippen LogP contribution in [0.2, 0.25) is 0 Å². The third-order valence-electron chi connectivity index (χ3n) is 1.85. The average Bonchev–Trinajstić information content (AvgIpc) is 2.17. The smallest absolute Gasteiger partial charge is 0.0619 e. The molecule has 10 heavy (non-hydrogen) atoms. The van der Waals surface area contributed by atoms with Crippen LogP contribution in [0.25, 0.3) is 0 Å². The lowest BCUT2D eigenvalue weighted by atomic mass is 10.2. The van der Waals surface area contributed by atoms with E-state index in [9.17, 15) is 0 Å². The molecule has 1 rings (SSSR count). The summed E-state index contributed by atoms with van der Waals surface area (Å²) in [5.74, 6) is 0. The Balaban J connectivity index is 2.15. The number of hydrogen-bond acceptors (Lipinski definition) is 2. The molecule has 0 amide bonds. The SMILES string of the molecule is CCCC1COCCCN1. The van der Waals surface area contributed by atoms with Crippen LogP contribution in [0.4, 0.5) is 0 Å². The van der Waals surface area contributed by atoms with Crippen LogP contribution in [0.1, 0.15) is 26.2 Å². The highest BCUT2D eigenvalue weighted by Gasteiger charge is 2.09. The van der Waals surface area contributed by atoms with Gasteiger partial charge in [0.1, 0.15) is 0 Å². The summed E-state index contributed by atoms with van der Waals surface area (Å²) in [6, 6.07) is 0.618. The van der Waals surface area contributed by atoms with Crippen molar-refractivity contribution in [2.45, 2.75) is 32.2 Å². The van der Waals surface area contributed by atoms with Gasteiger partial charge >= 0.3 is 0 Å². The van der Waals surface area contributed by atoms with Crippen molar-refractivity contribution in [3.63, 3.8) is 0 Å². The molecule has 0 aromatic rings. The van der Waals surface area contributed by atoms with E-state index in [0.29, 0.717) is 6.04 Å². The molecule has 0 saturated carbocycles. The highest BCUT2D eigenvalue weighted by molar-refractivity contribution is 4.67. The van der Waals surface area contributed by atoms with Crippen molar-refractivity contribution >= 4 is 0 Å². The average molecular weight is 143 g/mol. The van der Waals surface area contributed by atoms with E-state index in [0.717, 1.165) is 19.8 Å². The van der Waals surface area contributed by atoms with Crippen molar-refractivity contribution in [2.24, 2.45) is 0 Å². The second-order valence-electron chi connectivity index (χ2n) is 2.87. The minimum atomic E-state index is 0.618. The second kappa shape index (κ2) is 4.69. The van der Waals surface area contributed by atoms with E-state index < -0.39 is 0 Å². The van der Waals surface area contributed by atoms with Crippen LogP contribution in [0.15, 0.2) is 0 Å². The molecular formula is C8H17NO. The van der Waals surface area contributed by atoms with Crippen LogP contribution in [0.5, 0.6) is 0 Å². The van der Waals surface area contributed by atoms with Gasteiger partial charge in [-0.2, -0.15) is 0 Å². The predicted molar refractivity (Wildman–Crippen MR) is 42.1 cm³/mol. The fourth-order valence-electron chi connectivity index (χ4n) is 1.30. The molecule has 0 radical (unpaired) electrons. The standard InChI is InChI=1S/C8H17NO/c1-2-4-8-7-10-6-3-5-9-8/h8-9H,2-7H2,1H3. The second-order valence-corrected chi connectivity index (χ2v) is 2.87. The Bertz CT molecular complexity index is 77.3. The summed E-state index contributed by atoms with van der Waals surface area (Å²) in [4.78, 5) is 0. The molecule has 1 aliphatic heterocycles. The topological polar surface area (TPSA) is 21.3 Å². The zero-order chi connectivity index (χ0) is 7.23. The third-order valence-corrected chi connectivity index (χ3v) is 1.85. The highest BCUT2D eigenvalue weighted by atomic mass is 16.5. The molecule has 1 fully saturated rings. The minimum Gasteiger partial charge on any atom is -0.380 e. The van der Waals surface area contributed by atoms with Gasteiger partial charge in [-0.15, -0.1) is 0 Å². The van der Waals surface area contributed by atoms with Gasteiger partial charge < -0.3 is 10.1 Å². The van der Waals surface area contributed by atoms with Crippen LogP contribution in [-0.4, -0.2) is 25.8 Å². The van der Waals surface area contributed by atoms with Crippen LogP contribution in [0, 0.1) is 0 Å². The summed E-state index contributed by atoms with van der Waals surface area (Å²) in [5, 5.41) is 3.46. The summed E-state index contributed by atoms with van der Waals surface area (Å²) < 4.78 is 5.40. The fraction of sp³-hybridized carbons (Fsp3) is 1.00. The van der Waals surface area contributed by atoms with Crippen molar-refractivity contribution in [1.82, 2.24) is 5.32 Å². The third kappa shape index (κ3) is 2.67. The first kappa shape index (κ1) is 8.02. The molecule has 60 valence electrons. The molecule has 0 spiro atoms. The number of rotatable bonds is 2. The maximum Gasteiger partial charge on any atom is 0.0619 e. The van der Waals surface area contributed by atoms with Gasteiger partial charge in [-0.05, 0) is 19.4 Å². The van der Waals surface area contributed by atoms with E-state index in [1.807, 2.05) is 0 Å². The van der Waals surface area contributed by atoms with E-state index >= 15 is 0 Å².